The number of hydrogen-bond acceptors (Lipinski definition) is 6. The fourth-order valence-electron chi connectivity index (χ4n) is 3.26. The number of benzene rings is 1. The third-order valence-corrected chi connectivity index (χ3v) is 5.83. The molecular weight excluding hydrogens is 363 g/mol. The van der Waals surface area contributed by atoms with E-state index < -0.39 is 39.9 Å². The standard InChI is InChI=1S/C16H15FN4O4S/c17-15-11-8-20(13-3-1-2-5-18-13)6-4-10(11)7-12(22)16(15)21-9-14(23)19-26(21,24)25/h1-3,5,7,22H,4,6,8-9H2,(H,19,23). The summed E-state index contributed by atoms with van der Waals surface area (Å²) in [7, 11) is -4.22. The number of carbonyl (C=O) groups is 1. The van der Waals surface area contributed by atoms with Crippen LogP contribution in [-0.2, 0) is 28.0 Å². The molecule has 26 heavy (non-hydrogen) atoms. The molecule has 4 rings (SSSR count). The maximum absolute atomic E-state index is 15.2. The molecular formula is C16H15FN4O4S. The smallest absolute Gasteiger partial charge is 0.326 e. The van der Waals surface area contributed by atoms with Gasteiger partial charge in [0.1, 0.15) is 23.8 Å². The van der Waals surface area contributed by atoms with Crippen molar-refractivity contribution in [3.63, 3.8) is 0 Å². The van der Waals surface area contributed by atoms with Crippen molar-refractivity contribution in [1.82, 2.24) is 9.71 Å². The molecule has 2 N–H and O–H groups in total. The summed E-state index contributed by atoms with van der Waals surface area (Å²) in [5.41, 5.74) is 0.376. The Morgan fingerprint density at radius 2 is 2.08 bits per heavy atom. The predicted octanol–water partition coefficient (Wildman–Crippen LogP) is 0.670. The van der Waals surface area contributed by atoms with E-state index in [0.717, 1.165) is 0 Å². The summed E-state index contributed by atoms with van der Waals surface area (Å²) in [6, 6.07) is 6.77. The maximum Gasteiger partial charge on any atom is 0.326 e. The number of phenolic OH excluding ortho intramolecular Hbond substituents is 1. The first kappa shape index (κ1) is 16.6. The number of fused-ring (bicyclic) bond motifs is 1. The van der Waals surface area contributed by atoms with Gasteiger partial charge in [0.05, 0.1) is 0 Å². The van der Waals surface area contributed by atoms with E-state index in [9.17, 15) is 18.3 Å². The van der Waals surface area contributed by atoms with Crippen LogP contribution in [0.1, 0.15) is 11.1 Å². The average Bonchev–Trinajstić information content (AvgIpc) is 2.88. The van der Waals surface area contributed by atoms with Crippen molar-refractivity contribution in [2.45, 2.75) is 13.0 Å². The monoisotopic (exact) mass is 378 g/mol. The Balaban J connectivity index is 1.77. The van der Waals surface area contributed by atoms with Gasteiger partial charge in [-0.2, -0.15) is 8.42 Å². The van der Waals surface area contributed by atoms with Crippen LogP contribution in [-0.4, -0.2) is 37.5 Å². The highest BCUT2D eigenvalue weighted by Crippen LogP contribution is 2.39. The number of amides is 1. The van der Waals surface area contributed by atoms with Crippen molar-refractivity contribution < 1.29 is 22.7 Å². The lowest BCUT2D eigenvalue weighted by Crippen LogP contribution is -2.34. The van der Waals surface area contributed by atoms with Gasteiger partial charge in [-0.1, -0.05) is 6.07 Å². The minimum absolute atomic E-state index is 0.181. The Kier molecular flexibility index (Phi) is 3.72. The number of halogens is 1. The summed E-state index contributed by atoms with van der Waals surface area (Å²) in [4.78, 5) is 17.6. The lowest BCUT2D eigenvalue weighted by molar-refractivity contribution is -0.117. The molecule has 1 amide bonds. The zero-order chi connectivity index (χ0) is 18.5. The minimum atomic E-state index is -4.22. The third kappa shape index (κ3) is 2.62. The molecule has 0 saturated carbocycles. The molecule has 0 atom stereocenters. The van der Waals surface area contributed by atoms with Gasteiger partial charge in [-0.3, -0.25) is 4.79 Å². The van der Waals surface area contributed by atoms with E-state index in [1.54, 1.807) is 23.1 Å². The lowest BCUT2D eigenvalue weighted by Gasteiger charge is -2.31. The molecule has 0 bridgehead atoms. The van der Waals surface area contributed by atoms with Crippen LogP contribution >= 0.6 is 0 Å². The SMILES string of the molecule is O=C1CN(c2c(O)cc3c(c2F)CN(c2ccccn2)CC3)S(=O)(=O)N1. The molecule has 1 saturated heterocycles. The molecule has 0 spiro atoms. The quantitative estimate of drug-likeness (QED) is 0.796. The minimum Gasteiger partial charge on any atom is -0.506 e. The zero-order valence-electron chi connectivity index (χ0n) is 13.5. The number of phenols is 1. The molecule has 2 aliphatic heterocycles. The number of hydrogen-bond donors (Lipinski definition) is 2. The van der Waals surface area contributed by atoms with Crippen molar-refractivity contribution in [1.29, 1.82) is 0 Å². The Morgan fingerprint density at radius 3 is 2.73 bits per heavy atom. The summed E-state index contributed by atoms with van der Waals surface area (Å²) in [5.74, 6) is -1.46. The van der Waals surface area contributed by atoms with Gasteiger partial charge < -0.3 is 10.0 Å². The maximum atomic E-state index is 15.2. The highest BCUT2D eigenvalue weighted by molar-refractivity contribution is 7.92. The fraction of sp³-hybridized carbons (Fsp3) is 0.250. The molecule has 2 aliphatic rings. The van der Waals surface area contributed by atoms with Crippen LogP contribution < -0.4 is 13.9 Å². The van der Waals surface area contributed by atoms with E-state index in [4.69, 9.17) is 0 Å². The van der Waals surface area contributed by atoms with E-state index in [-0.39, 0.29) is 12.1 Å². The first-order chi connectivity index (χ1) is 12.4. The molecule has 2 aromatic rings. The van der Waals surface area contributed by atoms with Crippen molar-refractivity contribution in [3.05, 3.63) is 47.4 Å². The molecule has 1 fully saturated rings. The third-order valence-electron chi connectivity index (χ3n) is 4.46. The van der Waals surface area contributed by atoms with Gasteiger partial charge in [-0.05, 0) is 30.2 Å². The van der Waals surface area contributed by atoms with Gasteiger partial charge in [0.2, 0.25) is 0 Å². The van der Waals surface area contributed by atoms with E-state index in [2.05, 4.69) is 4.98 Å². The van der Waals surface area contributed by atoms with Crippen molar-refractivity contribution in [2.24, 2.45) is 0 Å². The van der Waals surface area contributed by atoms with Gasteiger partial charge in [0.15, 0.2) is 5.82 Å². The molecule has 0 aliphatic carbocycles. The summed E-state index contributed by atoms with van der Waals surface area (Å²) < 4.78 is 41.6. The van der Waals surface area contributed by atoms with Crippen LogP contribution in [0.5, 0.6) is 5.75 Å². The van der Waals surface area contributed by atoms with E-state index in [0.29, 0.717) is 28.7 Å². The van der Waals surface area contributed by atoms with Crippen molar-refractivity contribution >= 4 is 27.6 Å². The van der Waals surface area contributed by atoms with Crippen LogP contribution in [0.4, 0.5) is 15.9 Å². The number of carbonyl (C=O) groups excluding carboxylic acids is 1. The number of nitrogens with zero attached hydrogens (tertiary/aromatic N) is 3. The van der Waals surface area contributed by atoms with E-state index in [1.165, 1.54) is 6.07 Å². The largest absolute Gasteiger partial charge is 0.506 e. The molecule has 1 aromatic carbocycles. The van der Waals surface area contributed by atoms with Crippen LogP contribution in [0.2, 0.25) is 0 Å². The van der Waals surface area contributed by atoms with E-state index >= 15 is 4.39 Å². The number of pyridine rings is 1. The Hall–Kier alpha value is -2.88. The van der Waals surface area contributed by atoms with Crippen LogP contribution in [0.25, 0.3) is 0 Å². The molecule has 136 valence electrons. The second-order valence-corrected chi connectivity index (χ2v) is 7.69. The first-order valence-corrected chi connectivity index (χ1v) is 9.33. The van der Waals surface area contributed by atoms with Gasteiger partial charge in [0, 0.05) is 24.8 Å². The Labute approximate surface area is 149 Å². The van der Waals surface area contributed by atoms with Gasteiger partial charge in [-0.25, -0.2) is 18.4 Å². The normalized spacial score (nSPS) is 18.6. The fourth-order valence-corrected chi connectivity index (χ4v) is 4.42. The van der Waals surface area contributed by atoms with Crippen LogP contribution in [0.3, 0.4) is 0 Å². The molecule has 3 heterocycles. The highest BCUT2D eigenvalue weighted by Gasteiger charge is 2.39. The number of nitrogens with one attached hydrogen (secondary N) is 1. The number of aromatic hydroxyl groups is 1. The predicted molar refractivity (Wildman–Crippen MR) is 91.5 cm³/mol. The van der Waals surface area contributed by atoms with Crippen molar-refractivity contribution in [3.8, 4) is 5.75 Å². The van der Waals surface area contributed by atoms with Gasteiger partial charge in [0.25, 0.3) is 5.91 Å². The summed E-state index contributed by atoms with van der Waals surface area (Å²) in [6.45, 7) is 0.195. The average molecular weight is 378 g/mol. The molecule has 1 aromatic heterocycles. The van der Waals surface area contributed by atoms with E-state index in [1.807, 2.05) is 11.0 Å². The van der Waals surface area contributed by atoms with Gasteiger partial charge >= 0.3 is 10.2 Å². The molecule has 0 radical (unpaired) electrons. The van der Waals surface area contributed by atoms with Crippen LogP contribution in [0.15, 0.2) is 30.5 Å². The zero-order valence-corrected chi connectivity index (χ0v) is 14.3. The topological polar surface area (TPSA) is 103 Å². The Bertz CT molecular complexity index is 997. The number of aromatic nitrogens is 1. The Morgan fingerprint density at radius 1 is 1.27 bits per heavy atom. The van der Waals surface area contributed by atoms with Crippen molar-refractivity contribution in [2.75, 3.05) is 22.3 Å². The highest BCUT2D eigenvalue weighted by atomic mass is 32.2. The lowest BCUT2D eigenvalue weighted by atomic mass is 9.97. The second-order valence-electron chi connectivity index (χ2n) is 6.09. The summed E-state index contributed by atoms with van der Waals surface area (Å²) >= 11 is 0. The van der Waals surface area contributed by atoms with Gasteiger partial charge in [-0.15, -0.1) is 0 Å². The molecule has 10 heteroatoms. The molecule has 0 unspecified atom stereocenters. The second kappa shape index (κ2) is 5.84. The first-order valence-electron chi connectivity index (χ1n) is 7.89. The number of anilines is 2. The molecule has 8 nitrogen and oxygen atoms in total. The summed E-state index contributed by atoms with van der Waals surface area (Å²) in [6.07, 6.45) is 2.11. The summed E-state index contributed by atoms with van der Waals surface area (Å²) in [5, 5.41) is 10.2. The van der Waals surface area contributed by atoms with Crippen LogP contribution in [0, 0.1) is 5.82 Å². The number of rotatable bonds is 2.